The lowest BCUT2D eigenvalue weighted by molar-refractivity contribution is -0.186. The number of anilines is 1. The van der Waals surface area contributed by atoms with Crippen molar-refractivity contribution in [2.24, 2.45) is 5.92 Å². The Labute approximate surface area is 169 Å². The van der Waals surface area contributed by atoms with Gasteiger partial charge >= 0.3 is 12.1 Å². The molecule has 0 aliphatic carbocycles. The predicted molar refractivity (Wildman–Crippen MR) is 103 cm³/mol. The summed E-state index contributed by atoms with van der Waals surface area (Å²) in [4.78, 5) is 28.8. The minimum atomic E-state index is -4.89. The number of nitrogens with zero attached hydrogens (tertiary/aromatic N) is 3. The molecule has 2 aromatic heterocycles. The zero-order valence-corrected chi connectivity index (χ0v) is 15.7. The van der Waals surface area contributed by atoms with E-state index >= 15 is 0 Å². The van der Waals surface area contributed by atoms with Gasteiger partial charge in [-0.2, -0.15) is 18.3 Å². The average molecular weight is 417 g/mol. The summed E-state index contributed by atoms with van der Waals surface area (Å²) in [5.41, 5.74) is 1.89. The third-order valence-corrected chi connectivity index (χ3v) is 5.20. The molecule has 1 aromatic carbocycles. The van der Waals surface area contributed by atoms with Crippen LogP contribution in [0.4, 0.5) is 19.0 Å². The molecule has 0 spiro atoms. The number of piperidine rings is 1. The van der Waals surface area contributed by atoms with Gasteiger partial charge in [0.05, 0.1) is 6.20 Å². The van der Waals surface area contributed by atoms with Crippen molar-refractivity contribution in [3.8, 4) is 11.1 Å². The van der Waals surface area contributed by atoms with Crippen molar-refractivity contribution in [2.75, 3.05) is 18.4 Å². The van der Waals surface area contributed by atoms with Crippen molar-refractivity contribution in [1.82, 2.24) is 20.1 Å². The maximum atomic E-state index is 12.5. The van der Waals surface area contributed by atoms with Crippen LogP contribution in [0.25, 0.3) is 21.9 Å². The molecule has 156 valence electrons. The molecule has 0 saturated carbocycles. The van der Waals surface area contributed by atoms with Gasteiger partial charge in [-0.3, -0.25) is 14.7 Å². The van der Waals surface area contributed by atoms with Gasteiger partial charge in [0.1, 0.15) is 5.82 Å². The maximum Gasteiger partial charge on any atom is 0.471 e. The number of aromatic amines is 1. The second kappa shape index (κ2) is 7.77. The Morgan fingerprint density at radius 3 is 2.50 bits per heavy atom. The number of alkyl halides is 3. The molecule has 3 heterocycles. The first-order valence-corrected chi connectivity index (χ1v) is 9.37. The van der Waals surface area contributed by atoms with E-state index in [1.54, 1.807) is 24.7 Å². The van der Waals surface area contributed by atoms with Crippen molar-refractivity contribution in [3.63, 3.8) is 0 Å². The lowest BCUT2D eigenvalue weighted by Crippen LogP contribution is -2.46. The van der Waals surface area contributed by atoms with E-state index in [0.29, 0.717) is 5.82 Å². The normalized spacial score (nSPS) is 15.4. The molecule has 1 fully saturated rings. The van der Waals surface area contributed by atoms with Gasteiger partial charge in [-0.1, -0.05) is 12.1 Å². The van der Waals surface area contributed by atoms with Crippen LogP contribution in [0.3, 0.4) is 0 Å². The van der Waals surface area contributed by atoms with E-state index < -0.39 is 18.0 Å². The largest absolute Gasteiger partial charge is 0.471 e. The van der Waals surface area contributed by atoms with Gasteiger partial charge in [-0.05, 0) is 35.9 Å². The number of fused-ring (bicyclic) bond motifs is 1. The molecule has 2 N–H and O–H groups in total. The summed E-state index contributed by atoms with van der Waals surface area (Å²) in [5.74, 6) is -2.28. The van der Waals surface area contributed by atoms with Crippen LogP contribution in [0.15, 0.2) is 42.9 Å². The van der Waals surface area contributed by atoms with Gasteiger partial charge in [0.25, 0.3) is 0 Å². The number of carbonyl (C=O) groups is 2. The maximum absolute atomic E-state index is 12.5. The summed E-state index contributed by atoms with van der Waals surface area (Å²) in [5, 5.41) is 11.2. The SMILES string of the molecule is O=C(Nc1cc2cc(-c3cn[nH]c3)ccc2cn1)C1CCN(C(=O)C(F)(F)F)CC1. The Bertz CT molecular complexity index is 1070. The summed E-state index contributed by atoms with van der Waals surface area (Å²) in [6, 6.07) is 7.57. The monoisotopic (exact) mass is 417 g/mol. The number of hydrogen-bond acceptors (Lipinski definition) is 4. The molecule has 0 radical (unpaired) electrons. The quantitative estimate of drug-likeness (QED) is 0.684. The number of hydrogen-bond donors (Lipinski definition) is 2. The second-order valence-electron chi connectivity index (χ2n) is 7.17. The molecule has 4 rings (SSSR count). The minimum absolute atomic E-state index is 0.102. The smallest absolute Gasteiger partial charge is 0.335 e. The van der Waals surface area contributed by atoms with Gasteiger partial charge in [0.15, 0.2) is 0 Å². The Balaban J connectivity index is 1.43. The summed E-state index contributed by atoms with van der Waals surface area (Å²) in [7, 11) is 0. The van der Waals surface area contributed by atoms with Crippen molar-refractivity contribution in [2.45, 2.75) is 19.0 Å². The van der Waals surface area contributed by atoms with Crippen LogP contribution in [0, 0.1) is 5.92 Å². The van der Waals surface area contributed by atoms with E-state index in [0.717, 1.165) is 26.8 Å². The van der Waals surface area contributed by atoms with E-state index in [1.807, 2.05) is 18.2 Å². The van der Waals surface area contributed by atoms with Gasteiger partial charge < -0.3 is 10.2 Å². The topological polar surface area (TPSA) is 91.0 Å². The van der Waals surface area contributed by atoms with Crippen LogP contribution in [0.1, 0.15) is 12.8 Å². The highest BCUT2D eigenvalue weighted by Gasteiger charge is 2.43. The number of amides is 2. The number of halogens is 3. The van der Waals surface area contributed by atoms with Crippen molar-refractivity contribution < 1.29 is 22.8 Å². The predicted octanol–water partition coefficient (Wildman–Crippen LogP) is 3.36. The highest BCUT2D eigenvalue weighted by Crippen LogP contribution is 2.27. The Morgan fingerprint density at radius 1 is 1.07 bits per heavy atom. The number of pyridine rings is 1. The van der Waals surface area contributed by atoms with Crippen molar-refractivity contribution in [1.29, 1.82) is 0 Å². The molecule has 0 unspecified atom stereocenters. The van der Waals surface area contributed by atoms with Crippen LogP contribution in [-0.2, 0) is 9.59 Å². The summed E-state index contributed by atoms with van der Waals surface area (Å²) < 4.78 is 37.6. The molecule has 2 amide bonds. The number of aromatic nitrogens is 3. The molecule has 7 nitrogen and oxygen atoms in total. The fourth-order valence-electron chi connectivity index (χ4n) is 3.55. The number of H-pyrrole nitrogens is 1. The van der Waals surface area contributed by atoms with Crippen LogP contribution in [-0.4, -0.2) is 51.2 Å². The van der Waals surface area contributed by atoms with Crippen LogP contribution < -0.4 is 5.32 Å². The zero-order valence-electron chi connectivity index (χ0n) is 15.7. The highest BCUT2D eigenvalue weighted by atomic mass is 19.4. The standard InChI is InChI=1S/C20H18F3N5O2/c21-20(22,23)19(30)28-5-3-12(4-6-28)18(29)27-17-8-15-7-13(16-10-25-26-11-16)1-2-14(15)9-24-17/h1-2,7-12H,3-6H2,(H,25,26)(H,24,27,29). The summed E-state index contributed by atoms with van der Waals surface area (Å²) in [6.07, 6.45) is 0.591. The van der Waals surface area contributed by atoms with Gasteiger partial charge in [-0.15, -0.1) is 0 Å². The van der Waals surface area contributed by atoms with Gasteiger partial charge in [0.2, 0.25) is 5.91 Å². The van der Waals surface area contributed by atoms with E-state index in [2.05, 4.69) is 20.5 Å². The number of carbonyl (C=O) groups excluding carboxylic acids is 2. The Morgan fingerprint density at radius 2 is 1.83 bits per heavy atom. The van der Waals surface area contributed by atoms with E-state index in [-0.39, 0.29) is 31.8 Å². The zero-order chi connectivity index (χ0) is 21.3. The highest BCUT2D eigenvalue weighted by molar-refractivity contribution is 5.95. The van der Waals surface area contributed by atoms with E-state index in [9.17, 15) is 22.8 Å². The molecule has 1 aliphatic heterocycles. The molecule has 10 heteroatoms. The van der Waals surface area contributed by atoms with Crippen molar-refractivity contribution >= 4 is 28.4 Å². The third-order valence-electron chi connectivity index (χ3n) is 5.20. The Kier molecular flexibility index (Phi) is 5.15. The van der Waals surface area contributed by atoms with Gasteiger partial charge in [0, 0.05) is 42.4 Å². The molecule has 0 bridgehead atoms. The first-order chi connectivity index (χ1) is 14.3. The van der Waals surface area contributed by atoms with Crippen LogP contribution in [0.5, 0.6) is 0 Å². The van der Waals surface area contributed by atoms with E-state index in [1.165, 1.54) is 0 Å². The lowest BCUT2D eigenvalue weighted by Gasteiger charge is -2.31. The van der Waals surface area contributed by atoms with Gasteiger partial charge in [-0.25, -0.2) is 4.98 Å². The molecular weight excluding hydrogens is 399 g/mol. The number of likely N-dealkylation sites (tertiary alicyclic amines) is 1. The summed E-state index contributed by atoms with van der Waals surface area (Å²) >= 11 is 0. The van der Waals surface area contributed by atoms with E-state index in [4.69, 9.17) is 0 Å². The number of nitrogens with one attached hydrogen (secondary N) is 2. The number of rotatable bonds is 3. The fourth-order valence-corrected chi connectivity index (χ4v) is 3.55. The number of benzene rings is 1. The first kappa shape index (κ1) is 19.9. The molecule has 0 atom stereocenters. The molecule has 30 heavy (non-hydrogen) atoms. The molecule has 1 aliphatic rings. The third kappa shape index (κ3) is 4.12. The van der Waals surface area contributed by atoms with Crippen molar-refractivity contribution in [3.05, 3.63) is 42.9 Å². The minimum Gasteiger partial charge on any atom is -0.335 e. The average Bonchev–Trinajstić information content (AvgIpc) is 3.27. The summed E-state index contributed by atoms with van der Waals surface area (Å²) in [6.45, 7) is -0.203. The molecular formula is C20H18F3N5O2. The first-order valence-electron chi connectivity index (χ1n) is 9.37. The lowest BCUT2D eigenvalue weighted by atomic mass is 9.96. The second-order valence-corrected chi connectivity index (χ2v) is 7.17. The van der Waals surface area contributed by atoms with Crippen LogP contribution in [0.2, 0.25) is 0 Å². The fraction of sp³-hybridized carbons (Fsp3) is 0.300. The molecule has 3 aromatic rings. The molecule has 1 saturated heterocycles. The Hall–Kier alpha value is -3.43. The van der Waals surface area contributed by atoms with Crippen LogP contribution >= 0.6 is 0 Å².